The molecule has 50 valence electrons. The van der Waals surface area contributed by atoms with Gasteiger partial charge in [0.2, 0.25) is 0 Å². The van der Waals surface area contributed by atoms with Gasteiger partial charge in [-0.15, -0.1) is 0 Å². The Morgan fingerprint density at radius 3 is 2.60 bits per heavy atom. The molecule has 0 aromatic carbocycles. The minimum absolute atomic E-state index is 0.357. The van der Waals surface area contributed by atoms with Gasteiger partial charge in [-0.2, -0.15) is 4.99 Å². The van der Waals surface area contributed by atoms with E-state index < -0.39 is 0 Å². The van der Waals surface area contributed by atoms with E-state index >= 15 is 0 Å². The Morgan fingerprint density at radius 2 is 2.10 bits per heavy atom. The number of hydrogen-bond donors (Lipinski definition) is 0. The van der Waals surface area contributed by atoms with Crippen LogP contribution in [0.3, 0.4) is 0 Å². The van der Waals surface area contributed by atoms with Gasteiger partial charge in [0.05, 0.1) is 5.16 Å². The van der Waals surface area contributed by atoms with E-state index in [1.165, 1.54) is 0 Å². The smallest absolute Gasteiger partial charge is 0.218 e. The molecular weight excluding hydrogens is 261 g/mol. The van der Waals surface area contributed by atoms with Gasteiger partial charge in [-0.3, -0.25) is 0 Å². The van der Waals surface area contributed by atoms with Gasteiger partial charge in [-0.25, -0.2) is 9.97 Å². The van der Waals surface area contributed by atoms with Crippen LogP contribution in [0, 0.1) is 3.57 Å². The first kappa shape index (κ1) is 7.71. The van der Waals surface area contributed by atoms with Crippen molar-refractivity contribution in [2.45, 2.75) is 0 Å². The Labute approximate surface area is 76.8 Å². The van der Waals surface area contributed by atoms with Gasteiger partial charge >= 0.3 is 0 Å². The molecule has 0 saturated heterocycles. The van der Waals surface area contributed by atoms with Gasteiger partial charge in [0.1, 0.15) is 0 Å². The second-order valence-corrected chi connectivity index (χ2v) is 2.83. The number of halogens is 1. The molecule has 0 unspecified atom stereocenters. The van der Waals surface area contributed by atoms with Crippen molar-refractivity contribution in [2.75, 3.05) is 0 Å². The van der Waals surface area contributed by atoms with E-state index in [0.29, 0.717) is 5.95 Å². The molecule has 0 aliphatic heterocycles. The van der Waals surface area contributed by atoms with Crippen LogP contribution in [0.1, 0.15) is 0 Å². The van der Waals surface area contributed by atoms with Crippen molar-refractivity contribution in [3.8, 4) is 0 Å². The van der Waals surface area contributed by atoms with Crippen LogP contribution in [0.2, 0.25) is 0 Å². The summed E-state index contributed by atoms with van der Waals surface area (Å²) >= 11 is 6.48. The van der Waals surface area contributed by atoms with E-state index in [-0.39, 0.29) is 0 Å². The van der Waals surface area contributed by atoms with Crippen LogP contribution in [-0.4, -0.2) is 15.1 Å². The molecule has 0 aliphatic rings. The van der Waals surface area contributed by atoms with Crippen molar-refractivity contribution >= 4 is 45.9 Å². The maximum Gasteiger partial charge on any atom is 0.258 e. The Morgan fingerprint density at radius 1 is 1.50 bits per heavy atom. The van der Waals surface area contributed by atoms with Crippen LogP contribution in [0.4, 0.5) is 5.95 Å². The standard InChI is InChI=1S/C5H2IN3S/c6-4-1-7-5(8-2-4)9-3-10/h1-2H. The van der Waals surface area contributed by atoms with E-state index in [1.807, 2.05) is 0 Å². The molecule has 0 bridgehead atoms. The topological polar surface area (TPSA) is 38.1 Å². The highest BCUT2D eigenvalue weighted by molar-refractivity contribution is 14.1. The fourth-order valence-corrected chi connectivity index (χ4v) is 0.764. The van der Waals surface area contributed by atoms with Crippen LogP contribution in [0.15, 0.2) is 17.4 Å². The highest BCUT2D eigenvalue weighted by Gasteiger charge is 1.89. The molecule has 1 heterocycles. The van der Waals surface area contributed by atoms with Gasteiger partial charge in [0.15, 0.2) is 0 Å². The van der Waals surface area contributed by atoms with Gasteiger partial charge in [-0.1, -0.05) is 0 Å². The molecular formula is C5H2IN3S. The quantitative estimate of drug-likeness (QED) is 0.440. The monoisotopic (exact) mass is 263 g/mol. The van der Waals surface area contributed by atoms with Crippen LogP contribution < -0.4 is 0 Å². The zero-order valence-electron chi connectivity index (χ0n) is 4.78. The maximum atomic E-state index is 4.37. The molecule has 0 N–H and O–H groups in total. The summed E-state index contributed by atoms with van der Waals surface area (Å²) in [4.78, 5) is 11.3. The van der Waals surface area contributed by atoms with E-state index in [0.717, 1.165) is 3.57 Å². The van der Waals surface area contributed by atoms with E-state index in [2.05, 4.69) is 54.9 Å². The number of aliphatic imine (C=N–C) groups is 1. The number of isothiocyanates is 1. The van der Waals surface area contributed by atoms with E-state index in [1.54, 1.807) is 12.4 Å². The first-order valence-corrected chi connectivity index (χ1v) is 3.87. The molecule has 0 spiro atoms. The molecule has 0 atom stereocenters. The van der Waals surface area contributed by atoms with Crippen molar-refractivity contribution < 1.29 is 0 Å². The fraction of sp³-hybridized carbons (Fsp3) is 0. The Kier molecular flexibility index (Phi) is 2.85. The molecule has 0 aliphatic carbocycles. The summed E-state index contributed by atoms with van der Waals surface area (Å²) < 4.78 is 0.973. The number of rotatable bonds is 1. The summed E-state index contributed by atoms with van der Waals surface area (Å²) in [6.45, 7) is 0. The summed E-state index contributed by atoms with van der Waals surface area (Å²) in [7, 11) is 0. The average Bonchev–Trinajstić information content (AvgIpc) is 1.95. The van der Waals surface area contributed by atoms with Crippen molar-refractivity contribution in [2.24, 2.45) is 4.99 Å². The van der Waals surface area contributed by atoms with Crippen LogP contribution >= 0.6 is 34.8 Å². The normalized spacial score (nSPS) is 8.50. The molecule has 1 aromatic heterocycles. The summed E-state index contributed by atoms with van der Waals surface area (Å²) in [6.07, 6.45) is 3.33. The third-order valence-corrected chi connectivity index (χ3v) is 1.40. The third-order valence-electron chi connectivity index (χ3n) is 0.752. The zero-order valence-corrected chi connectivity index (χ0v) is 7.76. The molecule has 1 aromatic rings. The lowest BCUT2D eigenvalue weighted by molar-refractivity contribution is 1.13. The first-order chi connectivity index (χ1) is 4.83. The minimum Gasteiger partial charge on any atom is -0.218 e. The van der Waals surface area contributed by atoms with Gasteiger partial charge < -0.3 is 0 Å². The SMILES string of the molecule is S=C=Nc1ncc(I)cn1. The molecule has 5 heteroatoms. The summed E-state index contributed by atoms with van der Waals surface area (Å²) in [5.74, 6) is 0.357. The Balaban J connectivity index is 3.00. The zero-order chi connectivity index (χ0) is 7.40. The van der Waals surface area contributed by atoms with E-state index in [9.17, 15) is 0 Å². The number of aromatic nitrogens is 2. The lowest BCUT2D eigenvalue weighted by atomic mass is 10.7. The number of hydrogen-bond acceptors (Lipinski definition) is 4. The van der Waals surface area contributed by atoms with Crippen LogP contribution in [0.5, 0.6) is 0 Å². The lowest BCUT2D eigenvalue weighted by Gasteiger charge is -1.87. The Hall–Kier alpha value is -0.390. The summed E-state index contributed by atoms with van der Waals surface area (Å²) in [5.41, 5.74) is 0. The van der Waals surface area contributed by atoms with Crippen molar-refractivity contribution in [1.82, 2.24) is 9.97 Å². The van der Waals surface area contributed by atoms with Gasteiger partial charge in [-0.05, 0) is 34.8 Å². The van der Waals surface area contributed by atoms with Gasteiger partial charge in [0, 0.05) is 16.0 Å². The van der Waals surface area contributed by atoms with Crippen LogP contribution in [0.25, 0.3) is 0 Å². The molecule has 1 rings (SSSR count). The predicted molar refractivity (Wildman–Crippen MR) is 49.4 cm³/mol. The highest BCUT2D eigenvalue weighted by Crippen LogP contribution is 2.03. The molecule has 0 amide bonds. The van der Waals surface area contributed by atoms with E-state index in [4.69, 9.17) is 0 Å². The average molecular weight is 263 g/mol. The van der Waals surface area contributed by atoms with Gasteiger partial charge in [0.25, 0.3) is 5.95 Å². The lowest BCUT2D eigenvalue weighted by Crippen LogP contribution is -1.79. The second-order valence-electron chi connectivity index (χ2n) is 1.40. The Bertz CT molecular complexity index is 265. The first-order valence-electron chi connectivity index (χ1n) is 2.38. The van der Waals surface area contributed by atoms with Crippen molar-refractivity contribution in [3.63, 3.8) is 0 Å². The van der Waals surface area contributed by atoms with Crippen LogP contribution in [-0.2, 0) is 0 Å². The summed E-state index contributed by atoms with van der Waals surface area (Å²) in [6, 6.07) is 0. The number of thiocarbonyl (C=S) groups is 1. The van der Waals surface area contributed by atoms with Crippen molar-refractivity contribution in [1.29, 1.82) is 0 Å². The molecule has 0 saturated carbocycles. The molecule has 10 heavy (non-hydrogen) atoms. The second kappa shape index (κ2) is 3.70. The molecule has 0 radical (unpaired) electrons. The predicted octanol–water partition coefficient (Wildman–Crippen LogP) is 1.82. The highest BCUT2D eigenvalue weighted by atomic mass is 127. The molecule has 0 fully saturated rings. The largest absolute Gasteiger partial charge is 0.258 e. The molecule has 3 nitrogen and oxygen atoms in total. The number of nitrogens with zero attached hydrogens (tertiary/aromatic N) is 3. The summed E-state index contributed by atoms with van der Waals surface area (Å²) in [5, 5.41) is 2.18. The third kappa shape index (κ3) is 2.09. The van der Waals surface area contributed by atoms with Crippen molar-refractivity contribution in [3.05, 3.63) is 16.0 Å². The fourth-order valence-electron chi connectivity index (χ4n) is 0.404. The minimum atomic E-state index is 0.357. The maximum absolute atomic E-state index is 4.37.